The minimum Gasteiger partial charge on any atom is -0.356 e. The molecular formula is C27H21F3N4O2. The van der Waals surface area contributed by atoms with Crippen LogP contribution in [0.4, 0.5) is 35.9 Å². The fourth-order valence-corrected chi connectivity index (χ4v) is 3.24. The van der Waals surface area contributed by atoms with E-state index in [4.69, 9.17) is 0 Å². The minimum absolute atomic E-state index is 0.196. The van der Waals surface area contributed by atoms with Crippen LogP contribution in [-0.2, 0) is 6.18 Å². The van der Waals surface area contributed by atoms with Gasteiger partial charge in [0.05, 0.1) is 11.3 Å². The van der Waals surface area contributed by atoms with Gasteiger partial charge in [-0.1, -0.05) is 18.2 Å². The summed E-state index contributed by atoms with van der Waals surface area (Å²) in [4.78, 5) is 24.6. The van der Waals surface area contributed by atoms with Gasteiger partial charge in [-0.25, -0.2) is 0 Å². The Balaban J connectivity index is 1.29. The molecule has 0 saturated heterocycles. The number of alkyl halides is 3. The summed E-state index contributed by atoms with van der Waals surface area (Å²) in [6, 6.07) is 27.1. The number of anilines is 4. The van der Waals surface area contributed by atoms with E-state index in [9.17, 15) is 22.8 Å². The Bertz CT molecular complexity index is 1320. The third kappa shape index (κ3) is 6.41. The number of carbonyl (C=O) groups is 2. The van der Waals surface area contributed by atoms with Gasteiger partial charge in [-0.15, -0.1) is 0 Å². The highest BCUT2D eigenvalue weighted by Gasteiger charge is 2.29. The molecule has 0 fully saturated rings. The average Bonchev–Trinajstić information content (AvgIpc) is 2.89. The Morgan fingerprint density at radius 1 is 0.556 bits per heavy atom. The average molecular weight is 490 g/mol. The number of rotatable bonds is 7. The van der Waals surface area contributed by atoms with E-state index in [0.717, 1.165) is 23.5 Å². The fourth-order valence-electron chi connectivity index (χ4n) is 3.24. The summed E-state index contributed by atoms with van der Waals surface area (Å²) in [6.45, 7) is 0. The Morgan fingerprint density at radius 2 is 1.06 bits per heavy atom. The number of hydrogen-bond donors (Lipinski definition) is 4. The van der Waals surface area contributed by atoms with E-state index < -0.39 is 17.6 Å². The lowest BCUT2D eigenvalue weighted by atomic mass is 10.2. The van der Waals surface area contributed by atoms with E-state index in [1.54, 1.807) is 60.7 Å². The molecule has 0 aliphatic rings. The molecular weight excluding hydrogens is 469 g/mol. The molecule has 2 amide bonds. The number of hydrogen-bond acceptors (Lipinski definition) is 4. The molecule has 0 aromatic heterocycles. The maximum atomic E-state index is 12.6. The quantitative estimate of drug-likeness (QED) is 0.224. The highest BCUT2D eigenvalue weighted by Crippen LogP contribution is 2.29. The molecule has 0 heterocycles. The van der Waals surface area contributed by atoms with Crippen LogP contribution < -0.4 is 21.5 Å². The van der Waals surface area contributed by atoms with Gasteiger partial charge in [0.2, 0.25) is 0 Å². The van der Waals surface area contributed by atoms with Gasteiger partial charge < -0.3 is 10.6 Å². The SMILES string of the molecule is O=C(NNc1ccc(C(F)(F)F)cc1)c1ccc(Nc2ccc(NC(=O)c3ccccc3)cc2)cc1. The summed E-state index contributed by atoms with van der Waals surface area (Å²) in [5, 5.41) is 6.04. The molecule has 4 aromatic rings. The Morgan fingerprint density at radius 3 is 1.64 bits per heavy atom. The summed E-state index contributed by atoms with van der Waals surface area (Å²) in [5.74, 6) is -0.641. The van der Waals surface area contributed by atoms with Crippen LogP contribution in [0.5, 0.6) is 0 Å². The standard InChI is InChI=1S/C27H21F3N4O2/c28-27(29,30)20-8-12-24(13-9-20)33-34-26(36)19-6-10-21(11-7-19)31-22-14-16-23(17-15-22)32-25(35)18-4-2-1-3-5-18/h1-17,31,33H,(H,32,35)(H,34,36). The number of carbonyl (C=O) groups excluding carboxylic acids is 2. The van der Waals surface area contributed by atoms with E-state index in [0.29, 0.717) is 22.5 Å². The molecule has 0 radical (unpaired) electrons. The van der Waals surface area contributed by atoms with E-state index in [1.165, 1.54) is 12.1 Å². The van der Waals surface area contributed by atoms with Crippen LogP contribution in [0.1, 0.15) is 26.3 Å². The van der Waals surface area contributed by atoms with Crippen LogP contribution in [-0.4, -0.2) is 11.8 Å². The van der Waals surface area contributed by atoms with Gasteiger partial charge in [-0.05, 0) is 84.9 Å². The largest absolute Gasteiger partial charge is 0.416 e. The number of hydrazine groups is 1. The van der Waals surface area contributed by atoms with Crippen molar-refractivity contribution in [3.63, 3.8) is 0 Å². The van der Waals surface area contributed by atoms with Crippen molar-refractivity contribution in [3.05, 3.63) is 120 Å². The van der Waals surface area contributed by atoms with Gasteiger partial charge in [0.25, 0.3) is 11.8 Å². The number of benzene rings is 4. The maximum absolute atomic E-state index is 12.6. The van der Waals surface area contributed by atoms with Gasteiger partial charge in [0, 0.05) is 28.2 Å². The lowest BCUT2D eigenvalue weighted by Crippen LogP contribution is -2.29. The van der Waals surface area contributed by atoms with Crippen molar-refractivity contribution >= 4 is 34.6 Å². The summed E-state index contributed by atoms with van der Waals surface area (Å²) < 4.78 is 37.9. The van der Waals surface area contributed by atoms with Crippen LogP contribution >= 0.6 is 0 Å². The lowest BCUT2D eigenvalue weighted by Gasteiger charge is -2.11. The molecule has 4 rings (SSSR count). The van der Waals surface area contributed by atoms with Gasteiger partial charge in [0.15, 0.2) is 0 Å². The van der Waals surface area contributed by atoms with E-state index in [2.05, 4.69) is 21.5 Å². The van der Waals surface area contributed by atoms with Crippen molar-refractivity contribution < 1.29 is 22.8 Å². The number of nitrogens with one attached hydrogen (secondary N) is 4. The third-order valence-electron chi connectivity index (χ3n) is 5.15. The van der Waals surface area contributed by atoms with E-state index in [1.807, 2.05) is 18.2 Å². The van der Waals surface area contributed by atoms with Crippen molar-refractivity contribution in [1.29, 1.82) is 0 Å². The Labute approximate surface area is 205 Å². The molecule has 0 saturated carbocycles. The zero-order valence-electron chi connectivity index (χ0n) is 18.8. The van der Waals surface area contributed by atoms with Crippen molar-refractivity contribution in [1.82, 2.24) is 5.43 Å². The van der Waals surface area contributed by atoms with Crippen molar-refractivity contribution in [2.24, 2.45) is 0 Å². The molecule has 4 N–H and O–H groups in total. The smallest absolute Gasteiger partial charge is 0.356 e. The highest BCUT2D eigenvalue weighted by molar-refractivity contribution is 6.04. The molecule has 4 aromatic carbocycles. The van der Waals surface area contributed by atoms with Gasteiger partial charge >= 0.3 is 6.18 Å². The highest BCUT2D eigenvalue weighted by atomic mass is 19.4. The molecule has 0 spiro atoms. The van der Waals surface area contributed by atoms with E-state index >= 15 is 0 Å². The minimum atomic E-state index is -4.42. The summed E-state index contributed by atoms with van der Waals surface area (Å²) in [6.07, 6.45) is -4.42. The fraction of sp³-hybridized carbons (Fsp3) is 0.0370. The monoisotopic (exact) mass is 490 g/mol. The molecule has 6 nitrogen and oxygen atoms in total. The van der Waals surface area contributed by atoms with Gasteiger partial charge in [-0.3, -0.25) is 20.4 Å². The molecule has 0 unspecified atom stereocenters. The third-order valence-corrected chi connectivity index (χ3v) is 5.15. The van der Waals surface area contributed by atoms with Gasteiger partial charge in [-0.2, -0.15) is 13.2 Å². The second-order valence-electron chi connectivity index (χ2n) is 7.75. The summed E-state index contributed by atoms with van der Waals surface area (Å²) >= 11 is 0. The lowest BCUT2D eigenvalue weighted by molar-refractivity contribution is -0.137. The zero-order valence-corrected chi connectivity index (χ0v) is 18.8. The molecule has 0 bridgehead atoms. The summed E-state index contributed by atoms with van der Waals surface area (Å²) in [5.41, 5.74) is 7.70. The first kappa shape index (κ1) is 24.3. The van der Waals surface area contributed by atoms with Crippen molar-refractivity contribution in [3.8, 4) is 0 Å². The van der Waals surface area contributed by atoms with Crippen LogP contribution in [0, 0.1) is 0 Å². The van der Waals surface area contributed by atoms with E-state index in [-0.39, 0.29) is 5.91 Å². The number of halogens is 3. The second kappa shape index (κ2) is 10.6. The van der Waals surface area contributed by atoms with Crippen molar-refractivity contribution in [2.75, 3.05) is 16.1 Å². The van der Waals surface area contributed by atoms with Crippen LogP contribution in [0.3, 0.4) is 0 Å². The number of amides is 2. The molecule has 9 heteroatoms. The first-order valence-corrected chi connectivity index (χ1v) is 10.8. The topological polar surface area (TPSA) is 82.3 Å². The second-order valence-corrected chi connectivity index (χ2v) is 7.75. The van der Waals surface area contributed by atoms with Crippen LogP contribution in [0.25, 0.3) is 0 Å². The summed E-state index contributed by atoms with van der Waals surface area (Å²) in [7, 11) is 0. The first-order chi connectivity index (χ1) is 17.3. The maximum Gasteiger partial charge on any atom is 0.416 e. The molecule has 0 aliphatic carbocycles. The van der Waals surface area contributed by atoms with Gasteiger partial charge in [0.1, 0.15) is 0 Å². The van der Waals surface area contributed by atoms with Crippen LogP contribution in [0.2, 0.25) is 0 Å². The normalized spacial score (nSPS) is 10.9. The van der Waals surface area contributed by atoms with Crippen LogP contribution in [0.15, 0.2) is 103 Å². The Kier molecular flexibility index (Phi) is 7.20. The molecule has 0 atom stereocenters. The Hall–Kier alpha value is -4.79. The molecule has 0 aliphatic heterocycles. The molecule has 182 valence electrons. The zero-order chi connectivity index (χ0) is 25.5. The van der Waals surface area contributed by atoms with Crippen molar-refractivity contribution in [2.45, 2.75) is 6.18 Å². The predicted octanol–water partition coefficient (Wildman–Crippen LogP) is 6.46. The predicted molar refractivity (Wildman–Crippen MR) is 133 cm³/mol. The first-order valence-electron chi connectivity index (χ1n) is 10.8. The molecule has 36 heavy (non-hydrogen) atoms.